The van der Waals surface area contributed by atoms with Crippen LogP contribution in [0.25, 0.3) is 6.08 Å². The van der Waals surface area contributed by atoms with Gasteiger partial charge in [0.05, 0.1) is 0 Å². The summed E-state index contributed by atoms with van der Waals surface area (Å²) in [4.78, 5) is 0. The summed E-state index contributed by atoms with van der Waals surface area (Å²) in [5, 5.41) is 0.692. The summed E-state index contributed by atoms with van der Waals surface area (Å²) in [6.07, 6.45) is 2.18. The minimum Gasteiger partial charge on any atom is -0.489 e. The molecule has 2 aliphatic heterocycles. The highest BCUT2D eigenvalue weighted by Gasteiger charge is 2.47. The number of ether oxygens (including phenoxy) is 2. The summed E-state index contributed by atoms with van der Waals surface area (Å²) in [6, 6.07) is 24.0. The lowest BCUT2D eigenvalue weighted by Crippen LogP contribution is -2.43. The molecule has 1 atom stereocenters. The van der Waals surface area contributed by atoms with Crippen molar-refractivity contribution in [1.29, 1.82) is 0 Å². The van der Waals surface area contributed by atoms with Crippen molar-refractivity contribution in [2.45, 2.75) is 5.60 Å². The number of benzene rings is 3. The fourth-order valence-corrected chi connectivity index (χ4v) is 3.92. The number of hydrogen-bond acceptors (Lipinski definition) is 2. The fourth-order valence-electron chi connectivity index (χ4n) is 3.73. The molecule has 0 aromatic heterocycles. The Hall–Kier alpha value is -2.71. The number of para-hydroxylation sites is 2. The van der Waals surface area contributed by atoms with Crippen LogP contribution in [0.3, 0.4) is 0 Å². The topological polar surface area (TPSA) is 18.5 Å². The molecule has 0 saturated heterocycles. The Morgan fingerprint density at radius 1 is 0.840 bits per heavy atom. The number of hydrogen-bond donors (Lipinski definition) is 0. The second-order valence-corrected chi connectivity index (χ2v) is 6.72. The third-order valence-electron chi connectivity index (χ3n) is 4.84. The van der Waals surface area contributed by atoms with E-state index in [4.69, 9.17) is 21.1 Å². The lowest BCUT2D eigenvalue weighted by molar-refractivity contribution is 0.112. The summed E-state index contributed by atoms with van der Waals surface area (Å²) in [5.41, 5.74) is 3.44. The molecule has 3 aromatic rings. The molecule has 2 heterocycles. The molecule has 0 aliphatic carbocycles. The van der Waals surface area contributed by atoms with Crippen LogP contribution in [0.5, 0.6) is 11.5 Å². The fraction of sp³-hybridized carbons (Fsp3) is 0.0909. The van der Waals surface area contributed by atoms with E-state index in [0.29, 0.717) is 11.6 Å². The van der Waals surface area contributed by atoms with Gasteiger partial charge in [-0.05, 0) is 30.3 Å². The molecule has 3 heteroatoms. The van der Waals surface area contributed by atoms with Crippen molar-refractivity contribution < 1.29 is 9.47 Å². The molecule has 2 aliphatic rings. The van der Waals surface area contributed by atoms with Gasteiger partial charge in [0, 0.05) is 27.3 Å². The van der Waals surface area contributed by atoms with Crippen molar-refractivity contribution in [3.8, 4) is 11.5 Å². The quantitative estimate of drug-likeness (QED) is 0.583. The van der Waals surface area contributed by atoms with Gasteiger partial charge in [-0.15, -0.1) is 0 Å². The van der Waals surface area contributed by atoms with Crippen LogP contribution in [0.1, 0.15) is 16.7 Å². The maximum absolute atomic E-state index is 6.68. The molecule has 2 nitrogen and oxygen atoms in total. The summed E-state index contributed by atoms with van der Waals surface area (Å²) >= 11 is 6.31. The van der Waals surface area contributed by atoms with E-state index in [0.717, 1.165) is 33.8 Å². The Bertz CT molecular complexity index is 1010. The van der Waals surface area contributed by atoms with Crippen LogP contribution >= 0.6 is 11.6 Å². The third-order valence-corrected chi connectivity index (χ3v) is 5.08. The molecule has 0 spiro atoms. The van der Waals surface area contributed by atoms with Gasteiger partial charge in [-0.3, -0.25) is 0 Å². The minimum atomic E-state index is -0.714. The van der Waals surface area contributed by atoms with Crippen LogP contribution in [0, 0.1) is 0 Å². The van der Waals surface area contributed by atoms with E-state index in [1.165, 1.54) is 0 Å². The molecular formula is C22H15ClO2. The van der Waals surface area contributed by atoms with E-state index < -0.39 is 5.60 Å². The highest BCUT2D eigenvalue weighted by Crippen LogP contribution is 2.51. The van der Waals surface area contributed by atoms with E-state index in [2.05, 4.69) is 24.3 Å². The zero-order valence-electron chi connectivity index (χ0n) is 13.4. The van der Waals surface area contributed by atoms with E-state index in [1.54, 1.807) is 0 Å². The maximum atomic E-state index is 6.68. The zero-order chi connectivity index (χ0) is 16.9. The average molecular weight is 347 g/mol. The third kappa shape index (κ3) is 2.11. The van der Waals surface area contributed by atoms with Crippen LogP contribution in [-0.4, -0.2) is 6.61 Å². The predicted molar refractivity (Wildman–Crippen MR) is 99.2 cm³/mol. The van der Waals surface area contributed by atoms with E-state index in [1.807, 2.05) is 54.6 Å². The van der Waals surface area contributed by atoms with Crippen molar-refractivity contribution >= 4 is 17.7 Å². The average Bonchev–Trinajstić information content (AvgIpc) is 2.66. The first-order valence-electron chi connectivity index (χ1n) is 8.25. The Kier molecular flexibility index (Phi) is 3.16. The largest absolute Gasteiger partial charge is 0.489 e. The van der Waals surface area contributed by atoms with Gasteiger partial charge in [0.2, 0.25) is 0 Å². The van der Waals surface area contributed by atoms with Gasteiger partial charge in [-0.2, -0.15) is 0 Å². The van der Waals surface area contributed by atoms with Crippen molar-refractivity contribution in [2.75, 3.05) is 6.61 Å². The maximum Gasteiger partial charge on any atom is 0.187 e. The smallest absolute Gasteiger partial charge is 0.187 e. The van der Waals surface area contributed by atoms with Gasteiger partial charge >= 0.3 is 0 Å². The molecule has 1 unspecified atom stereocenters. The Labute approximate surface area is 151 Å². The normalized spacial score (nSPS) is 20.3. The zero-order valence-corrected chi connectivity index (χ0v) is 14.2. The van der Waals surface area contributed by atoms with Crippen LogP contribution in [0.2, 0.25) is 5.02 Å². The number of halogens is 1. The highest BCUT2D eigenvalue weighted by molar-refractivity contribution is 6.30. The first kappa shape index (κ1) is 14.6. The molecule has 25 heavy (non-hydrogen) atoms. The molecule has 122 valence electrons. The van der Waals surface area contributed by atoms with Crippen molar-refractivity contribution in [2.24, 2.45) is 0 Å². The second kappa shape index (κ2) is 5.40. The number of fused-ring (bicyclic) bond motifs is 4. The summed E-state index contributed by atoms with van der Waals surface area (Å²) in [6.45, 7) is 0.484. The molecule has 3 aromatic carbocycles. The minimum absolute atomic E-state index is 0.484. The lowest BCUT2D eigenvalue weighted by Gasteiger charge is -2.44. The van der Waals surface area contributed by atoms with Crippen LogP contribution in [-0.2, 0) is 5.60 Å². The Morgan fingerprint density at radius 3 is 2.52 bits per heavy atom. The summed E-state index contributed by atoms with van der Waals surface area (Å²) < 4.78 is 12.7. The van der Waals surface area contributed by atoms with Crippen LogP contribution in [0.15, 0.2) is 78.4 Å². The summed E-state index contributed by atoms with van der Waals surface area (Å²) in [7, 11) is 0. The number of rotatable bonds is 1. The van der Waals surface area contributed by atoms with Crippen LogP contribution < -0.4 is 9.47 Å². The van der Waals surface area contributed by atoms with Crippen LogP contribution in [0.4, 0.5) is 0 Å². The van der Waals surface area contributed by atoms with Gasteiger partial charge in [0.15, 0.2) is 5.60 Å². The van der Waals surface area contributed by atoms with Crippen molar-refractivity contribution in [3.63, 3.8) is 0 Å². The predicted octanol–water partition coefficient (Wildman–Crippen LogP) is 5.45. The monoisotopic (exact) mass is 346 g/mol. The molecule has 0 bridgehead atoms. The van der Waals surface area contributed by atoms with Gasteiger partial charge in [0.1, 0.15) is 18.1 Å². The van der Waals surface area contributed by atoms with Gasteiger partial charge in [-0.25, -0.2) is 0 Å². The summed E-state index contributed by atoms with van der Waals surface area (Å²) in [5.74, 6) is 1.71. The van der Waals surface area contributed by atoms with Gasteiger partial charge < -0.3 is 9.47 Å². The standard InChI is InChI=1S/C22H15ClO2/c23-18-8-5-7-16(13-18)22-17(12-15-6-1-3-10-20(15)25-22)14-24-21-11-4-2-9-19(21)22/h1-13H,14H2. The van der Waals surface area contributed by atoms with E-state index >= 15 is 0 Å². The second-order valence-electron chi connectivity index (χ2n) is 6.29. The Morgan fingerprint density at radius 2 is 1.64 bits per heavy atom. The Balaban J connectivity index is 1.84. The first-order chi connectivity index (χ1) is 12.3. The first-order valence-corrected chi connectivity index (χ1v) is 8.62. The molecule has 5 rings (SSSR count). The van der Waals surface area contributed by atoms with Crippen molar-refractivity contribution in [1.82, 2.24) is 0 Å². The molecule has 0 saturated carbocycles. The molecule has 0 radical (unpaired) electrons. The van der Waals surface area contributed by atoms with E-state index in [9.17, 15) is 0 Å². The van der Waals surface area contributed by atoms with Crippen molar-refractivity contribution in [3.05, 3.63) is 100 Å². The highest BCUT2D eigenvalue weighted by atomic mass is 35.5. The molecule has 0 N–H and O–H groups in total. The van der Waals surface area contributed by atoms with Gasteiger partial charge in [0.25, 0.3) is 0 Å². The molecule has 0 amide bonds. The van der Waals surface area contributed by atoms with Gasteiger partial charge in [-0.1, -0.05) is 60.1 Å². The van der Waals surface area contributed by atoms with E-state index in [-0.39, 0.29) is 0 Å². The molecule has 0 fully saturated rings. The SMILES string of the molecule is Clc1cccc(C23Oc4ccccc4C=C2COc2ccccc23)c1. The molecular weight excluding hydrogens is 332 g/mol. The lowest BCUT2D eigenvalue weighted by atomic mass is 9.76.